The van der Waals surface area contributed by atoms with Gasteiger partial charge in [0.25, 0.3) is 0 Å². The molecule has 5 N–H and O–H groups in total. The molecule has 0 radical (unpaired) electrons. The van der Waals surface area contributed by atoms with Gasteiger partial charge < -0.3 is 21.7 Å². The minimum atomic E-state index is -0.985. The second-order valence-electron chi connectivity index (χ2n) is 6.60. The van der Waals surface area contributed by atoms with E-state index >= 15 is 0 Å². The number of nitrogens with one attached hydrogen (secondary N) is 1. The van der Waals surface area contributed by atoms with Gasteiger partial charge in [-0.05, 0) is 29.8 Å². The molecule has 0 bridgehead atoms. The number of anilines is 3. The van der Waals surface area contributed by atoms with Gasteiger partial charge in [0.2, 0.25) is 0 Å². The number of nitrogens with zero attached hydrogens (tertiary/aromatic N) is 2. The van der Waals surface area contributed by atoms with Crippen LogP contribution >= 0.6 is 0 Å². The summed E-state index contributed by atoms with van der Waals surface area (Å²) in [4.78, 5) is 7.96. The van der Waals surface area contributed by atoms with E-state index in [1.807, 2.05) is 48.5 Å². The molecule has 3 aromatic rings. The fraction of sp³-hybridized carbons (Fsp3) is 0.250. The second kappa shape index (κ2) is 7.54. The van der Waals surface area contributed by atoms with Crippen molar-refractivity contribution >= 4 is 38.9 Å². The molecule has 4 rings (SSSR count). The summed E-state index contributed by atoms with van der Waals surface area (Å²) in [5.41, 5.74) is 15.3. The highest BCUT2D eigenvalue weighted by Gasteiger charge is 2.21. The molecule has 0 fully saturated rings. The summed E-state index contributed by atoms with van der Waals surface area (Å²) in [6, 6.07) is 15.7. The Morgan fingerprint density at radius 2 is 2.04 bits per heavy atom. The van der Waals surface area contributed by atoms with Gasteiger partial charge in [0, 0.05) is 59.7 Å². The summed E-state index contributed by atoms with van der Waals surface area (Å²) in [5, 5.41) is 4.36. The van der Waals surface area contributed by atoms with Crippen LogP contribution in [0.1, 0.15) is 5.56 Å². The van der Waals surface area contributed by atoms with Crippen molar-refractivity contribution in [3.63, 3.8) is 0 Å². The molecule has 2 heterocycles. The lowest BCUT2D eigenvalue weighted by molar-refractivity contribution is 0.683. The van der Waals surface area contributed by atoms with E-state index in [1.165, 1.54) is 0 Å². The molecule has 1 aliphatic heterocycles. The summed E-state index contributed by atoms with van der Waals surface area (Å²) in [5.74, 6) is 1.45. The molecule has 1 unspecified atom stereocenters. The van der Waals surface area contributed by atoms with Gasteiger partial charge in [-0.2, -0.15) is 0 Å². The standard InChI is InChI=1S/C20H23N5OS/c21-7-8-23-18-12-20(24-17-6-5-15(22)11-16(17)18)25-9-10-27(26)19-4-2-1-3-14(19)13-25/h1-6,11-12H,7-10,13,21-22H2,(H,23,24). The van der Waals surface area contributed by atoms with Crippen molar-refractivity contribution in [1.82, 2.24) is 4.98 Å². The summed E-state index contributed by atoms with van der Waals surface area (Å²) in [6.07, 6.45) is 0. The fourth-order valence-electron chi connectivity index (χ4n) is 3.38. The van der Waals surface area contributed by atoms with Crippen LogP contribution < -0.4 is 21.7 Å². The summed E-state index contributed by atoms with van der Waals surface area (Å²) < 4.78 is 12.6. The molecular formula is C20H23N5OS. The summed E-state index contributed by atoms with van der Waals surface area (Å²) in [7, 11) is -0.985. The van der Waals surface area contributed by atoms with Gasteiger partial charge in [0.15, 0.2) is 0 Å². The first-order valence-corrected chi connectivity index (χ1v) is 10.3. The molecule has 27 heavy (non-hydrogen) atoms. The Kier molecular flexibility index (Phi) is 4.96. The van der Waals surface area contributed by atoms with E-state index in [1.54, 1.807) is 0 Å². The van der Waals surface area contributed by atoms with Gasteiger partial charge in [-0.15, -0.1) is 0 Å². The normalized spacial score (nSPS) is 16.8. The van der Waals surface area contributed by atoms with Crippen LogP contribution in [0.3, 0.4) is 0 Å². The van der Waals surface area contributed by atoms with Gasteiger partial charge >= 0.3 is 0 Å². The molecule has 6 nitrogen and oxygen atoms in total. The van der Waals surface area contributed by atoms with Crippen molar-refractivity contribution in [3.8, 4) is 0 Å². The molecule has 0 saturated heterocycles. The van der Waals surface area contributed by atoms with Gasteiger partial charge in [-0.1, -0.05) is 18.2 Å². The summed E-state index contributed by atoms with van der Waals surface area (Å²) >= 11 is 0. The molecule has 0 spiro atoms. The third kappa shape index (κ3) is 3.61. The van der Waals surface area contributed by atoms with Crippen LogP contribution in [-0.4, -0.2) is 34.6 Å². The largest absolute Gasteiger partial charge is 0.399 e. The first kappa shape index (κ1) is 17.8. The lowest BCUT2D eigenvalue weighted by Gasteiger charge is -2.23. The molecule has 1 aliphatic rings. The highest BCUT2D eigenvalue weighted by Crippen LogP contribution is 2.31. The van der Waals surface area contributed by atoms with Crippen LogP contribution in [0.4, 0.5) is 17.2 Å². The topological polar surface area (TPSA) is 97.3 Å². The highest BCUT2D eigenvalue weighted by atomic mass is 32.2. The number of hydrogen-bond donors (Lipinski definition) is 3. The minimum Gasteiger partial charge on any atom is -0.399 e. The van der Waals surface area contributed by atoms with E-state index in [4.69, 9.17) is 16.5 Å². The maximum Gasteiger partial charge on any atom is 0.131 e. The Morgan fingerprint density at radius 1 is 1.19 bits per heavy atom. The number of fused-ring (bicyclic) bond motifs is 2. The van der Waals surface area contributed by atoms with Crippen molar-refractivity contribution in [1.29, 1.82) is 0 Å². The zero-order chi connectivity index (χ0) is 18.8. The lowest BCUT2D eigenvalue weighted by Crippen LogP contribution is -2.26. The Bertz CT molecular complexity index is 1010. The fourth-order valence-corrected chi connectivity index (χ4v) is 4.65. The molecule has 140 valence electrons. The van der Waals surface area contributed by atoms with Crippen LogP contribution in [0, 0.1) is 0 Å². The molecular weight excluding hydrogens is 358 g/mol. The Balaban J connectivity index is 1.77. The molecule has 2 aromatic carbocycles. The van der Waals surface area contributed by atoms with Crippen LogP contribution in [0.2, 0.25) is 0 Å². The van der Waals surface area contributed by atoms with Gasteiger partial charge in [-0.3, -0.25) is 4.21 Å². The SMILES string of the molecule is NCCNc1cc(N2CCS(=O)c3ccccc3C2)nc2ccc(N)cc12. The van der Waals surface area contributed by atoms with E-state index in [0.29, 0.717) is 37.6 Å². The lowest BCUT2D eigenvalue weighted by atomic mass is 10.1. The molecule has 1 atom stereocenters. The zero-order valence-corrected chi connectivity index (χ0v) is 15.8. The average molecular weight is 382 g/mol. The van der Waals surface area contributed by atoms with Crippen molar-refractivity contribution < 1.29 is 4.21 Å². The number of rotatable bonds is 4. The molecule has 0 saturated carbocycles. The van der Waals surface area contributed by atoms with Crippen molar-refractivity contribution in [2.45, 2.75) is 11.4 Å². The maximum absolute atomic E-state index is 12.6. The van der Waals surface area contributed by atoms with Gasteiger partial charge in [0.1, 0.15) is 5.82 Å². The number of benzene rings is 2. The smallest absolute Gasteiger partial charge is 0.131 e. The van der Waals surface area contributed by atoms with E-state index in [2.05, 4.69) is 10.2 Å². The number of aromatic nitrogens is 1. The minimum absolute atomic E-state index is 0.539. The predicted octanol–water partition coefficient (Wildman–Crippen LogP) is 2.32. The second-order valence-corrected chi connectivity index (χ2v) is 8.14. The summed E-state index contributed by atoms with van der Waals surface area (Å²) in [6.45, 7) is 2.58. The van der Waals surface area contributed by atoms with Crippen LogP contribution in [0.5, 0.6) is 0 Å². The number of hydrogen-bond acceptors (Lipinski definition) is 6. The Hall–Kier alpha value is -2.64. The molecule has 0 aliphatic carbocycles. The molecule has 1 aromatic heterocycles. The van der Waals surface area contributed by atoms with Crippen LogP contribution in [0.25, 0.3) is 10.9 Å². The quantitative estimate of drug-likeness (QED) is 0.600. The Labute approximate surface area is 161 Å². The van der Waals surface area contributed by atoms with Crippen molar-refractivity contribution in [3.05, 3.63) is 54.1 Å². The number of pyridine rings is 1. The van der Waals surface area contributed by atoms with Gasteiger partial charge in [-0.25, -0.2) is 4.98 Å². The zero-order valence-electron chi connectivity index (χ0n) is 15.0. The van der Waals surface area contributed by atoms with Crippen molar-refractivity contribution in [2.75, 3.05) is 41.3 Å². The third-order valence-corrected chi connectivity index (χ3v) is 6.17. The van der Waals surface area contributed by atoms with E-state index in [0.717, 1.165) is 32.9 Å². The van der Waals surface area contributed by atoms with Crippen molar-refractivity contribution in [2.24, 2.45) is 5.73 Å². The van der Waals surface area contributed by atoms with E-state index in [9.17, 15) is 4.21 Å². The van der Waals surface area contributed by atoms with E-state index < -0.39 is 10.8 Å². The predicted molar refractivity (Wildman–Crippen MR) is 112 cm³/mol. The van der Waals surface area contributed by atoms with E-state index in [-0.39, 0.29) is 0 Å². The van der Waals surface area contributed by atoms with Crippen LogP contribution in [0.15, 0.2) is 53.4 Å². The first-order chi connectivity index (χ1) is 13.2. The maximum atomic E-state index is 12.6. The molecule has 0 amide bonds. The third-order valence-electron chi connectivity index (χ3n) is 4.73. The number of nitrogen functional groups attached to an aromatic ring is 1. The van der Waals surface area contributed by atoms with Crippen LogP contribution in [-0.2, 0) is 17.3 Å². The first-order valence-electron chi connectivity index (χ1n) is 9.01. The Morgan fingerprint density at radius 3 is 2.89 bits per heavy atom. The number of nitrogens with two attached hydrogens (primary N) is 2. The average Bonchev–Trinajstić information content (AvgIpc) is 2.85. The molecule has 7 heteroatoms. The monoisotopic (exact) mass is 381 g/mol. The van der Waals surface area contributed by atoms with Gasteiger partial charge in [0.05, 0.1) is 16.3 Å². The highest BCUT2D eigenvalue weighted by molar-refractivity contribution is 7.85.